The molecule has 5 heteroatoms. The van der Waals surface area contributed by atoms with Gasteiger partial charge < -0.3 is 10.4 Å². The van der Waals surface area contributed by atoms with E-state index >= 15 is 0 Å². The highest BCUT2D eigenvalue weighted by atomic mass is 19.1. The Hall–Kier alpha value is -3.57. The standard InChI is InChI=1S/C31H31FN2O2/c32-26-15-13-23(14-16-26)31-24(7-2-4-11-30(35)36)19-25-18-21(12-17-28(25)34-31)20-33-29-10-5-8-22-6-1-3-9-27(22)29/h1,3,6,9,12-19,29,33H,2,4-5,7-8,10-11,20H2,(H,35,36)/t29-/m1/s1. The molecule has 5 rings (SSSR count). The molecule has 0 saturated heterocycles. The van der Waals surface area contributed by atoms with Gasteiger partial charge in [0.2, 0.25) is 0 Å². The van der Waals surface area contributed by atoms with Crippen LogP contribution in [0.2, 0.25) is 0 Å². The van der Waals surface area contributed by atoms with Crippen molar-refractivity contribution in [3.63, 3.8) is 0 Å². The number of aryl methyl sites for hydroxylation is 2. The molecule has 0 saturated carbocycles. The number of aliphatic carboxylic acids is 1. The molecule has 0 spiro atoms. The van der Waals surface area contributed by atoms with E-state index in [1.807, 2.05) is 0 Å². The van der Waals surface area contributed by atoms with E-state index in [0.717, 1.165) is 60.0 Å². The van der Waals surface area contributed by atoms with Gasteiger partial charge in [-0.15, -0.1) is 0 Å². The number of carboxylic acid groups (broad SMARTS) is 1. The third-order valence-electron chi connectivity index (χ3n) is 7.08. The Morgan fingerprint density at radius 3 is 2.69 bits per heavy atom. The molecule has 0 bridgehead atoms. The van der Waals surface area contributed by atoms with E-state index in [2.05, 4.69) is 53.8 Å². The van der Waals surface area contributed by atoms with Gasteiger partial charge in [-0.1, -0.05) is 30.3 Å². The lowest BCUT2D eigenvalue weighted by molar-refractivity contribution is -0.137. The molecule has 0 radical (unpaired) electrons. The summed E-state index contributed by atoms with van der Waals surface area (Å²) in [5, 5.41) is 13.8. The first-order valence-corrected chi connectivity index (χ1v) is 12.8. The third kappa shape index (κ3) is 5.63. The number of halogens is 1. The number of nitrogens with one attached hydrogen (secondary N) is 1. The van der Waals surface area contributed by atoms with E-state index in [9.17, 15) is 9.18 Å². The number of fused-ring (bicyclic) bond motifs is 2. The fraction of sp³-hybridized carbons (Fsp3) is 0.290. The molecule has 1 aliphatic carbocycles. The molecular formula is C31H31FN2O2. The second kappa shape index (κ2) is 11.0. The minimum Gasteiger partial charge on any atom is -0.481 e. The van der Waals surface area contributed by atoms with E-state index in [-0.39, 0.29) is 12.2 Å². The van der Waals surface area contributed by atoms with Crippen LogP contribution in [0, 0.1) is 5.82 Å². The summed E-state index contributed by atoms with van der Waals surface area (Å²) in [4.78, 5) is 15.9. The van der Waals surface area contributed by atoms with Gasteiger partial charge >= 0.3 is 5.97 Å². The molecule has 1 atom stereocenters. The topological polar surface area (TPSA) is 62.2 Å². The van der Waals surface area contributed by atoms with Crippen molar-refractivity contribution in [3.8, 4) is 11.3 Å². The van der Waals surface area contributed by atoms with Crippen molar-refractivity contribution in [2.75, 3.05) is 0 Å². The first kappa shape index (κ1) is 24.1. The quantitative estimate of drug-likeness (QED) is 0.252. The first-order chi connectivity index (χ1) is 17.6. The molecule has 1 aromatic heterocycles. The SMILES string of the molecule is O=C(O)CCCCc1cc2cc(CN[C@@H]3CCCc4ccccc43)ccc2nc1-c1ccc(F)cc1. The van der Waals surface area contributed by atoms with Crippen molar-refractivity contribution in [3.05, 3.63) is 101 Å². The fourth-order valence-electron chi connectivity index (χ4n) is 5.23. The van der Waals surface area contributed by atoms with Crippen LogP contribution in [0.4, 0.5) is 4.39 Å². The minimum absolute atomic E-state index is 0.160. The summed E-state index contributed by atoms with van der Waals surface area (Å²) in [6.45, 7) is 0.780. The van der Waals surface area contributed by atoms with E-state index in [4.69, 9.17) is 10.1 Å². The highest BCUT2D eigenvalue weighted by molar-refractivity contribution is 5.84. The lowest BCUT2D eigenvalue weighted by Crippen LogP contribution is -2.24. The molecule has 0 unspecified atom stereocenters. The van der Waals surface area contributed by atoms with Gasteiger partial charge in [0.1, 0.15) is 5.82 Å². The number of unbranched alkanes of at least 4 members (excludes halogenated alkanes) is 1. The zero-order valence-corrected chi connectivity index (χ0v) is 20.3. The Morgan fingerprint density at radius 2 is 1.86 bits per heavy atom. The minimum atomic E-state index is -0.775. The molecule has 0 fully saturated rings. The van der Waals surface area contributed by atoms with Gasteiger partial charge in [-0.25, -0.2) is 9.37 Å². The molecule has 4 nitrogen and oxygen atoms in total. The summed E-state index contributed by atoms with van der Waals surface area (Å²) in [6.07, 6.45) is 5.76. The third-order valence-corrected chi connectivity index (χ3v) is 7.08. The Labute approximate surface area is 211 Å². The number of nitrogens with zero attached hydrogens (tertiary/aromatic N) is 1. The zero-order chi connectivity index (χ0) is 24.9. The van der Waals surface area contributed by atoms with Gasteiger partial charge in [0.15, 0.2) is 0 Å². The van der Waals surface area contributed by atoms with E-state index in [1.165, 1.54) is 35.2 Å². The highest BCUT2D eigenvalue weighted by Crippen LogP contribution is 2.31. The van der Waals surface area contributed by atoms with Gasteiger partial charge in [0, 0.05) is 30.0 Å². The van der Waals surface area contributed by atoms with Gasteiger partial charge in [-0.05, 0) is 103 Å². The summed E-state index contributed by atoms with van der Waals surface area (Å²) in [5.41, 5.74) is 7.74. The maximum absolute atomic E-state index is 13.5. The van der Waals surface area contributed by atoms with E-state index < -0.39 is 5.97 Å². The molecule has 3 aromatic carbocycles. The van der Waals surface area contributed by atoms with Crippen LogP contribution < -0.4 is 5.32 Å². The number of pyridine rings is 1. The first-order valence-electron chi connectivity index (χ1n) is 12.8. The van der Waals surface area contributed by atoms with Crippen LogP contribution in [-0.2, 0) is 24.2 Å². The van der Waals surface area contributed by atoms with Gasteiger partial charge in [-0.3, -0.25) is 4.79 Å². The van der Waals surface area contributed by atoms with Crippen molar-refractivity contribution in [2.24, 2.45) is 0 Å². The second-order valence-corrected chi connectivity index (χ2v) is 9.66. The molecule has 0 amide bonds. The lowest BCUT2D eigenvalue weighted by Gasteiger charge is -2.26. The average molecular weight is 483 g/mol. The van der Waals surface area contributed by atoms with Crippen molar-refractivity contribution in [2.45, 2.75) is 57.5 Å². The number of carboxylic acids is 1. The normalized spacial score (nSPS) is 15.1. The summed E-state index contributed by atoms with van der Waals surface area (Å²) in [6, 6.07) is 24.0. The predicted octanol–water partition coefficient (Wildman–Crippen LogP) is 7.01. The number of rotatable bonds is 9. The van der Waals surface area contributed by atoms with Crippen molar-refractivity contribution < 1.29 is 14.3 Å². The van der Waals surface area contributed by atoms with Crippen LogP contribution in [-0.4, -0.2) is 16.1 Å². The maximum atomic E-state index is 13.5. The molecular weight excluding hydrogens is 451 g/mol. The smallest absolute Gasteiger partial charge is 0.303 e. The highest BCUT2D eigenvalue weighted by Gasteiger charge is 2.19. The Balaban J connectivity index is 1.39. The zero-order valence-electron chi connectivity index (χ0n) is 20.3. The Bertz CT molecular complexity index is 1370. The lowest BCUT2D eigenvalue weighted by atomic mass is 9.87. The monoisotopic (exact) mass is 482 g/mol. The van der Waals surface area contributed by atoms with Crippen LogP contribution in [0.25, 0.3) is 22.2 Å². The van der Waals surface area contributed by atoms with Crippen LogP contribution in [0.15, 0.2) is 72.8 Å². The van der Waals surface area contributed by atoms with Crippen molar-refractivity contribution in [1.29, 1.82) is 0 Å². The number of hydrogen-bond acceptors (Lipinski definition) is 3. The van der Waals surface area contributed by atoms with Gasteiger partial charge in [0.25, 0.3) is 0 Å². The molecule has 0 aliphatic heterocycles. The number of hydrogen-bond donors (Lipinski definition) is 2. The molecule has 2 N–H and O–H groups in total. The van der Waals surface area contributed by atoms with E-state index in [0.29, 0.717) is 12.5 Å². The van der Waals surface area contributed by atoms with E-state index in [1.54, 1.807) is 12.1 Å². The van der Waals surface area contributed by atoms with Gasteiger partial charge in [-0.2, -0.15) is 0 Å². The second-order valence-electron chi connectivity index (χ2n) is 9.66. The predicted molar refractivity (Wildman–Crippen MR) is 141 cm³/mol. The van der Waals surface area contributed by atoms with Crippen molar-refractivity contribution in [1.82, 2.24) is 10.3 Å². The summed E-state index contributed by atoms with van der Waals surface area (Å²) >= 11 is 0. The number of aromatic nitrogens is 1. The molecule has 1 heterocycles. The van der Waals surface area contributed by atoms with Gasteiger partial charge in [0.05, 0.1) is 11.2 Å². The van der Waals surface area contributed by atoms with Crippen LogP contribution >= 0.6 is 0 Å². The number of carbonyl (C=O) groups is 1. The van der Waals surface area contributed by atoms with Crippen molar-refractivity contribution >= 4 is 16.9 Å². The summed E-state index contributed by atoms with van der Waals surface area (Å²) < 4.78 is 13.5. The molecule has 4 aromatic rings. The summed E-state index contributed by atoms with van der Waals surface area (Å²) in [7, 11) is 0. The van der Waals surface area contributed by atoms with Crippen LogP contribution in [0.1, 0.15) is 60.4 Å². The number of benzene rings is 3. The average Bonchev–Trinajstić information content (AvgIpc) is 2.89. The molecule has 184 valence electrons. The molecule has 36 heavy (non-hydrogen) atoms. The Kier molecular flexibility index (Phi) is 7.38. The molecule has 1 aliphatic rings. The largest absolute Gasteiger partial charge is 0.481 e. The fourth-order valence-corrected chi connectivity index (χ4v) is 5.23. The summed E-state index contributed by atoms with van der Waals surface area (Å²) in [5.74, 6) is -1.05. The van der Waals surface area contributed by atoms with Crippen LogP contribution in [0.5, 0.6) is 0 Å². The van der Waals surface area contributed by atoms with Crippen LogP contribution in [0.3, 0.4) is 0 Å². The maximum Gasteiger partial charge on any atom is 0.303 e. The Morgan fingerprint density at radius 1 is 1.03 bits per heavy atom.